The molecule has 1 aliphatic rings. The number of benzene rings is 2. The van der Waals surface area contributed by atoms with Crippen LogP contribution in [0.5, 0.6) is 0 Å². The van der Waals surface area contributed by atoms with Gasteiger partial charge in [-0.25, -0.2) is 0 Å². The second-order valence-corrected chi connectivity index (χ2v) is 8.26. The summed E-state index contributed by atoms with van der Waals surface area (Å²) in [7, 11) is 0. The van der Waals surface area contributed by atoms with Crippen molar-refractivity contribution in [2.75, 3.05) is 0 Å². The molecule has 0 fully saturated rings. The van der Waals surface area contributed by atoms with Gasteiger partial charge in [-0.15, -0.1) is 0 Å². The number of carbonyl (C=O) groups is 1. The van der Waals surface area contributed by atoms with Crippen molar-refractivity contribution in [1.82, 2.24) is 0 Å². The summed E-state index contributed by atoms with van der Waals surface area (Å²) in [5, 5.41) is 12.3. The van der Waals surface area contributed by atoms with Crippen molar-refractivity contribution in [2.24, 2.45) is 5.92 Å². The molecule has 0 aromatic heterocycles. The van der Waals surface area contributed by atoms with E-state index in [-0.39, 0.29) is 16.8 Å². The van der Waals surface area contributed by atoms with E-state index >= 15 is 0 Å². The Labute approximate surface area is 173 Å². The van der Waals surface area contributed by atoms with Crippen LogP contribution in [-0.4, -0.2) is 17.3 Å². The smallest absolute Gasteiger partial charge is 0.231 e. The number of hydrogen-bond acceptors (Lipinski definition) is 3. The molecule has 4 atom stereocenters. The molecule has 0 N–H and O–H groups in total. The molecule has 0 spiro atoms. The fraction of sp³-hybridized carbons (Fsp3) is 0.261. The Balaban J connectivity index is 2.24. The maximum Gasteiger partial charge on any atom is 0.231 e. The monoisotopic (exact) mass is 439 g/mol. The maximum absolute atomic E-state index is 12.3. The SMILES string of the molecule is CC(C)=C[C@H]1C=C(C=O)[C@@H](c2ccc(Br)cc2)[C@H]([N+](=O)[O-])[C@@H]1c1ccccc1. The Bertz CT molecular complexity index is 915. The first-order chi connectivity index (χ1) is 13.4. The van der Waals surface area contributed by atoms with Gasteiger partial charge in [-0.1, -0.05) is 76.1 Å². The maximum atomic E-state index is 12.3. The van der Waals surface area contributed by atoms with Crippen LogP contribution >= 0.6 is 15.9 Å². The third kappa shape index (κ3) is 4.14. The average Bonchev–Trinajstić information content (AvgIpc) is 2.68. The molecule has 0 amide bonds. The number of aldehydes is 1. The lowest BCUT2D eigenvalue weighted by atomic mass is 9.66. The minimum absolute atomic E-state index is 0.213. The molecule has 3 rings (SSSR count). The summed E-state index contributed by atoms with van der Waals surface area (Å²) in [5.41, 5.74) is 3.23. The lowest BCUT2D eigenvalue weighted by molar-refractivity contribution is -0.531. The van der Waals surface area contributed by atoms with E-state index in [1.54, 1.807) is 0 Å². The molecule has 28 heavy (non-hydrogen) atoms. The first kappa shape index (κ1) is 20.2. The van der Waals surface area contributed by atoms with Gasteiger partial charge in [-0.05, 0) is 37.1 Å². The van der Waals surface area contributed by atoms with E-state index in [2.05, 4.69) is 15.9 Å². The van der Waals surface area contributed by atoms with Crippen molar-refractivity contribution in [3.8, 4) is 0 Å². The highest BCUT2D eigenvalue weighted by Crippen LogP contribution is 2.46. The molecule has 0 bridgehead atoms. The molecule has 2 aromatic carbocycles. The van der Waals surface area contributed by atoms with E-state index in [9.17, 15) is 14.9 Å². The van der Waals surface area contributed by atoms with Gasteiger partial charge in [0.1, 0.15) is 6.29 Å². The summed E-state index contributed by atoms with van der Waals surface area (Å²) in [6.07, 6.45) is 4.70. The van der Waals surface area contributed by atoms with Crippen molar-refractivity contribution in [1.29, 1.82) is 0 Å². The van der Waals surface area contributed by atoms with E-state index in [4.69, 9.17) is 0 Å². The van der Waals surface area contributed by atoms with Gasteiger partial charge in [0, 0.05) is 20.9 Å². The molecule has 0 saturated heterocycles. The number of halogens is 1. The van der Waals surface area contributed by atoms with Crippen LogP contribution in [0.2, 0.25) is 0 Å². The van der Waals surface area contributed by atoms with Crippen LogP contribution in [0.1, 0.15) is 36.8 Å². The van der Waals surface area contributed by atoms with Gasteiger partial charge >= 0.3 is 0 Å². The molecular formula is C23H22BrNO3. The second kappa shape index (κ2) is 8.65. The normalized spacial score (nSPS) is 24.2. The number of nitrogens with zero attached hydrogens (tertiary/aromatic N) is 1. The highest BCUT2D eigenvalue weighted by Gasteiger charge is 2.48. The van der Waals surface area contributed by atoms with E-state index < -0.39 is 12.0 Å². The first-order valence-electron chi connectivity index (χ1n) is 9.18. The van der Waals surface area contributed by atoms with Crippen molar-refractivity contribution in [2.45, 2.75) is 31.7 Å². The Morgan fingerprint density at radius 2 is 1.68 bits per heavy atom. The van der Waals surface area contributed by atoms with Crippen LogP contribution in [0.4, 0.5) is 0 Å². The fourth-order valence-electron chi connectivity index (χ4n) is 4.12. The van der Waals surface area contributed by atoms with Gasteiger partial charge in [-0.2, -0.15) is 0 Å². The van der Waals surface area contributed by atoms with Crippen LogP contribution in [-0.2, 0) is 4.79 Å². The molecule has 0 aliphatic heterocycles. The van der Waals surface area contributed by atoms with E-state index in [1.165, 1.54) is 0 Å². The molecule has 0 radical (unpaired) electrons. The van der Waals surface area contributed by atoms with E-state index in [0.717, 1.165) is 27.5 Å². The third-order valence-electron chi connectivity index (χ3n) is 5.19. The molecule has 0 heterocycles. The summed E-state index contributed by atoms with van der Waals surface area (Å²) in [6.45, 7) is 3.94. The largest absolute Gasteiger partial charge is 0.298 e. The quantitative estimate of drug-likeness (QED) is 0.260. The highest BCUT2D eigenvalue weighted by molar-refractivity contribution is 9.10. The van der Waals surface area contributed by atoms with Gasteiger partial charge in [0.25, 0.3) is 0 Å². The summed E-state index contributed by atoms with van der Waals surface area (Å²) < 4.78 is 0.892. The van der Waals surface area contributed by atoms with Crippen LogP contribution in [0, 0.1) is 16.0 Å². The number of hydrogen-bond donors (Lipinski definition) is 0. The van der Waals surface area contributed by atoms with Crippen LogP contribution in [0.3, 0.4) is 0 Å². The topological polar surface area (TPSA) is 60.2 Å². The zero-order valence-electron chi connectivity index (χ0n) is 15.8. The molecular weight excluding hydrogens is 418 g/mol. The Morgan fingerprint density at radius 1 is 1.04 bits per heavy atom. The number of nitro groups is 1. The van der Waals surface area contributed by atoms with Crippen molar-refractivity contribution in [3.05, 3.63) is 104 Å². The van der Waals surface area contributed by atoms with Crippen molar-refractivity contribution < 1.29 is 9.72 Å². The number of rotatable bonds is 5. The second-order valence-electron chi connectivity index (χ2n) is 7.35. The van der Waals surface area contributed by atoms with E-state index in [0.29, 0.717) is 5.57 Å². The zero-order valence-corrected chi connectivity index (χ0v) is 17.4. The Kier molecular flexibility index (Phi) is 6.25. The van der Waals surface area contributed by atoms with Crippen molar-refractivity contribution in [3.63, 3.8) is 0 Å². The Hall–Kier alpha value is -2.53. The molecule has 144 valence electrons. The number of carbonyl (C=O) groups excluding carboxylic acids is 1. The third-order valence-corrected chi connectivity index (χ3v) is 5.72. The lowest BCUT2D eigenvalue weighted by Crippen LogP contribution is -2.41. The van der Waals surface area contributed by atoms with Crippen LogP contribution in [0.15, 0.2) is 82.4 Å². The number of allylic oxidation sites excluding steroid dienone is 3. The van der Waals surface area contributed by atoms with Gasteiger partial charge in [0.05, 0.1) is 11.8 Å². The minimum Gasteiger partial charge on any atom is -0.298 e. The predicted octanol–water partition coefficient (Wildman–Crippen LogP) is 5.68. The van der Waals surface area contributed by atoms with Crippen molar-refractivity contribution >= 4 is 22.2 Å². The average molecular weight is 440 g/mol. The summed E-state index contributed by atoms with van der Waals surface area (Å²) >= 11 is 3.41. The molecule has 4 nitrogen and oxygen atoms in total. The van der Waals surface area contributed by atoms with Crippen LogP contribution < -0.4 is 0 Å². The zero-order chi connectivity index (χ0) is 20.3. The lowest BCUT2D eigenvalue weighted by Gasteiger charge is -2.36. The standard InChI is InChI=1S/C23H22BrNO3/c1-15(2)12-18-13-19(14-26)22(17-8-10-20(24)11-9-17)23(25(27)28)21(18)16-6-4-3-5-7-16/h3-14,18,21-23H,1-2H3/t18-,21+,22+,23+/m0/s1. The molecule has 1 aliphatic carbocycles. The molecule has 0 saturated carbocycles. The Morgan fingerprint density at radius 3 is 2.21 bits per heavy atom. The summed E-state index contributed by atoms with van der Waals surface area (Å²) in [4.78, 5) is 24.0. The highest BCUT2D eigenvalue weighted by atomic mass is 79.9. The molecule has 0 unspecified atom stereocenters. The van der Waals surface area contributed by atoms with Gasteiger partial charge in [-0.3, -0.25) is 14.9 Å². The van der Waals surface area contributed by atoms with Gasteiger partial charge < -0.3 is 0 Å². The summed E-state index contributed by atoms with van der Waals surface area (Å²) in [5.74, 6) is -1.16. The predicted molar refractivity (Wildman–Crippen MR) is 114 cm³/mol. The minimum atomic E-state index is -0.936. The van der Waals surface area contributed by atoms with Crippen LogP contribution in [0.25, 0.3) is 0 Å². The van der Waals surface area contributed by atoms with Gasteiger partial charge in [0.2, 0.25) is 6.04 Å². The summed E-state index contributed by atoms with van der Waals surface area (Å²) in [6, 6.07) is 16.1. The molecule has 2 aromatic rings. The first-order valence-corrected chi connectivity index (χ1v) is 9.97. The van der Waals surface area contributed by atoms with Gasteiger partial charge in [0.15, 0.2) is 0 Å². The molecule has 5 heteroatoms. The van der Waals surface area contributed by atoms with E-state index in [1.807, 2.05) is 80.6 Å². The fourth-order valence-corrected chi connectivity index (χ4v) is 4.38.